The Hall–Kier alpha value is -3.03. The molecule has 3 aromatic rings. The number of ether oxygens (including phenoxy) is 3. The molecule has 0 bridgehead atoms. The Labute approximate surface area is 185 Å². The minimum absolute atomic E-state index is 0.218. The maximum atomic E-state index is 13.0. The van der Waals surface area contributed by atoms with Crippen LogP contribution in [0.25, 0.3) is 16.9 Å². The van der Waals surface area contributed by atoms with Crippen LogP contribution in [0.4, 0.5) is 0 Å². The van der Waals surface area contributed by atoms with Crippen molar-refractivity contribution in [2.45, 2.75) is 12.8 Å². The van der Waals surface area contributed by atoms with Gasteiger partial charge in [0.25, 0.3) is 5.91 Å². The summed E-state index contributed by atoms with van der Waals surface area (Å²) in [6.07, 6.45) is 1.29. The SMILES string of the molecule is COCCCNC(=O)c1nn(-c2ccccc2Cl)c2c1Cc1cc(OC)c(OC)cc1-2. The van der Waals surface area contributed by atoms with E-state index in [-0.39, 0.29) is 5.91 Å². The van der Waals surface area contributed by atoms with E-state index >= 15 is 0 Å². The normalized spacial score (nSPS) is 11.7. The molecule has 31 heavy (non-hydrogen) atoms. The lowest BCUT2D eigenvalue weighted by Crippen LogP contribution is -2.26. The molecule has 162 valence electrons. The lowest BCUT2D eigenvalue weighted by molar-refractivity contribution is 0.0942. The van der Waals surface area contributed by atoms with E-state index < -0.39 is 0 Å². The van der Waals surface area contributed by atoms with Crippen LogP contribution in [0, 0.1) is 0 Å². The largest absolute Gasteiger partial charge is 0.493 e. The number of nitrogens with one attached hydrogen (secondary N) is 1. The van der Waals surface area contributed by atoms with Gasteiger partial charge < -0.3 is 19.5 Å². The predicted molar refractivity (Wildman–Crippen MR) is 119 cm³/mol. The summed E-state index contributed by atoms with van der Waals surface area (Å²) < 4.78 is 17.8. The van der Waals surface area contributed by atoms with Gasteiger partial charge in [-0.3, -0.25) is 4.79 Å². The van der Waals surface area contributed by atoms with Gasteiger partial charge in [0.15, 0.2) is 17.2 Å². The maximum Gasteiger partial charge on any atom is 0.272 e. The number of methoxy groups -OCH3 is 3. The Balaban J connectivity index is 1.83. The number of para-hydroxylation sites is 1. The highest BCUT2D eigenvalue weighted by Gasteiger charge is 2.32. The van der Waals surface area contributed by atoms with Crippen molar-refractivity contribution in [1.82, 2.24) is 15.1 Å². The fourth-order valence-corrected chi connectivity index (χ4v) is 4.07. The zero-order valence-corrected chi connectivity index (χ0v) is 18.5. The van der Waals surface area contributed by atoms with Gasteiger partial charge in [0.2, 0.25) is 0 Å². The second-order valence-corrected chi connectivity index (χ2v) is 7.59. The molecule has 1 aliphatic carbocycles. The Morgan fingerprint density at radius 1 is 1.16 bits per heavy atom. The fraction of sp³-hybridized carbons (Fsp3) is 0.304. The highest BCUT2D eigenvalue weighted by atomic mass is 35.5. The van der Waals surface area contributed by atoms with E-state index in [1.54, 1.807) is 32.1 Å². The van der Waals surface area contributed by atoms with Gasteiger partial charge in [-0.25, -0.2) is 4.68 Å². The number of hydrogen-bond donors (Lipinski definition) is 1. The molecular formula is C23H24ClN3O4. The van der Waals surface area contributed by atoms with Gasteiger partial charge in [-0.15, -0.1) is 0 Å². The summed E-state index contributed by atoms with van der Waals surface area (Å²) in [5.74, 6) is 1.05. The number of carbonyl (C=O) groups excluding carboxylic acids is 1. The van der Waals surface area contributed by atoms with Crippen LogP contribution in [-0.4, -0.2) is 50.2 Å². The van der Waals surface area contributed by atoms with Crippen molar-refractivity contribution >= 4 is 17.5 Å². The number of aromatic nitrogens is 2. The molecule has 0 fully saturated rings. The smallest absolute Gasteiger partial charge is 0.272 e. The van der Waals surface area contributed by atoms with E-state index in [4.69, 9.17) is 25.8 Å². The highest BCUT2D eigenvalue weighted by Crippen LogP contribution is 2.45. The van der Waals surface area contributed by atoms with Crippen LogP contribution in [0.2, 0.25) is 5.02 Å². The van der Waals surface area contributed by atoms with Gasteiger partial charge in [0.05, 0.1) is 30.6 Å². The molecule has 0 saturated heterocycles. The second kappa shape index (κ2) is 8.99. The molecule has 0 spiro atoms. The van der Waals surface area contributed by atoms with Gasteiger partial charge in [0, 0.05) is 37.8 Å². The Bertz CT molecular complexity index is 1130. The number of nitrogens with zero attached hydrogens (tertiary/aromatic N) is 2. The lowest BCUT2D eigenvalue weighted by Gasteiger charge is -2.13. The minimum atomic E-state index is -0.218. The number of amides is 1. The number of rotatable bonds is 8. The first-order chi connectivity index (χ1) is 15.1. The van der Waals surface area contributed by atoms with Crippen LogP contribution in [-0.2, 0) is 11.2 Å². The van der Waals surface area contributed by atoms with Crippen molar-refractivity contribution in [2.75, 3.05) is 34.5 Å². The molecule has 0 saturated carbocycles. The van der Waals surface area contributed by atoms with Crippen LogP contribution >= 0.6 is 11.6 Å². The molecule has 1 aliphatic rings. The molecule has 7 nitrogen and oxygen atoms in total. The quantitative estimate of drug-likeness (QED) is 0.420. The third-order valence-corrected chi connectivity index (χ3v) is 5.64. The van der Waals surface area contributed by atoms with E-state index in [1.165, 1.54) is 0 Å². The average molecular weight is 442 g/mol. The maximum absolute atomic E-state index is 13.0. The second-order valence-electron chi connectivity index (χ2n) is 7.18. The third kappa shape index (κ3) is 3.86. The topological polar surface area (TPSA) is 74.6 Å². The van der Waals surface area contributed by atoms with Crippen LogP contribution in [0.15, 0.2) is 36.4 Å². The average Bonchev–Trinajstić information content (AvgIpc) is 3.33. The van der Waals surface area contributed by atoms with Crippen molar-refractivity contribution in [3.8, 4) is 28.4 Å². The number of carbonyl (C=O) groups is 1. The van der Waals surface area contributed by atoms with Gasteiger partial charge >= 0.3 is 0 Å². The number of hydrogen-bond acceptors (Lipinski definition) is 5. The summed E-state index contributed by atoms with van der Waals surface area (Å²) in [6.45, 7) is 1.09. The summed E-state index contributed by atoms with van der Waals surface area (Å²) in [5, 5.41) is 8.16. The molecule has 1 N–H and O–H groups in total. The van der Waals surface area contributed by atoms with Gasteiger partial charge in [-0.2, -0.15) is 5.10 Å². The Morgan fingerprint density at radius 3 is 2.61 bits per heavy atom. The van der Waals surface area contributed by atoms with Crippen molar-refractivity contribution in [3.63, 3.8) is 0 Å². The minimum Gasteiger partial charge on any atom is -0.493 e. The molecule has 0 atom stereocenters. The van der Waals surface area contributed by atoms with Crippen LogP contribution in [0.3, 0.4) is 0 Å². The monoisotopic (exact) mass is 441 g/mol. The third-order valence-electron chi connectivity index (χ3n) is 5.32. The first-order valence-corrected chi connectivity index (χ1v) is 10.4. The number of halogens is 1. The molecule has 2 aromatic carbocycles. The molecule has 1 heterocycles. The zero-order valence-electron chi connectivity index (χ0n) is 17.7. The summed E-state index contributed by atoms with van der Waals surface area (Å²) in [5.41, 5.74) is 4.78. The van der Waals surface area contributed by atoms with Gasteiger partial charge in [0.1, 0.15) is 0 Å². The first kappa shape index (κ1) is 21.2. The number of fused-ring (bicyclic) bond motifs is 3. The summed E-state index contributed by atoms with van der Waals surface area (Å²) in [6, 6.07) is 11.3. The van der Waals surface area contributed by atoms with E-state index in [2.05, 4.69) is 10.4 Å². The molecule has 4 rings (SSSR count). The Kier molecular flexibility index (Phi) is 6.15. The molecule has 1 aromatic heterocycles. The molecule has 0 radical (unpaired) electrons. The summed E-state index contributed by atoms with van der Waals surface area (Å²) >= 11 is 6.48. The van der Waals surface area contributed by atoms with E-state index in [9.17, 15) is 4.79 Å². The molecule has 0 unspecified atom stereocenters. The summed E-state index contributed by atoms with van der Waals surface area (Å²) in [7, 11) is 4.85. The highest BCUT2D eigenvalue weighted by molar-refractivity contribution is 6.32. The molecule has 8 heteroatoms. The standard InChI is InChI=1S/C23H24ClN3O4/c1-29-10-6-9-25-23(28)21-16-11-14-12-19(30-2)20(31-3)13-15(14)22(16)27(26-21)18-8-5-4-7-17(18)24/h4-5,7-8,12-13H,6,9-11H2,1-3H3,(H,25,28). The van der Waals surface area contributed by atoms with Crippen molar-refractivity contribution in [1.29, 1.82) is 0 Å². The van der Waals surface area contributed by atoms with E-state index in [1.807, 2.05) is 30.3 Å². The predicted octanol–water partition coefficient (Wildman–Crippen LogP) is 3.88. The molecule has 0 aliphatic heterocycles. The van der Waals surface area contributed by atoms with Crippen molar-refractivity contribution in [3.05, 3.63) is 58.2 Å². The number of benzene rings is 2. The zero-order chi connectivity index (χ0) is 22.0. The van der Waals surface area contributed by atoms with Gasteiger partial charge in [-0.1, -0.05) is 23.7 Å². The van der Waals surface area contributed by atoms with E-state index in [0.717, 1.165) is 28.8 Å². The fourth-order valence-electron chi connectivity index (χ4n) is 3.86. The van der Waals surface area contributed by atoms with E-state index in [0.29, 0.717) is 47.5 Å². The Morgan fingerprint density at radius 2 is 1.90 bits per heavy atom. The van der Waals surface area contributed by atoms with Crippen molar-refractivity contribution < 1.29 is 19.0 Å². The summed E-state index contributed by atoms with van der Waals surface area (Å²) in [4.78, 5) is 13.0. The first-order valence-electron chi connectivity index (χ1n) is 9.98. The lowest BCUT2D eigenvalue weighted by atomic mass is 10.1. The van der Waals surface area contributed by atoms with Crippen molar-refractivity contribution in [2.24, 2.45) is 0 Å². The van der Waals surface area contributed by atoms with Crippen LogP contribution in [0.5, 0.6) is 11.5 Å². The van der Waals surface area contributed by atoms with Crippen LogP contribution < -0.4 is 14.8 Å². The molecule has 1 amide bonds. The van der Waals surface area contributed by atoms with Crippen LogP contribution in [0.1, 0.15) is 28.0 Å². The van der Waals surface area contributed by atoms with Gasteiger partial charge in [-0.05, 0) is 36.2 Å². The molecular weight excluding hydrogens is 418 g/mol.